The van der Waals surface area contributed by atoms with E-state index in [1.807, 2.05) is 0 Å². The maximum Gasteiger partial charge on any atom is 0.243 e. The number of hydrogen-bond donors (Lipinski definition) is 2. The fourth-order valence-corrected chi connectivity index (χ4v) is 3.57. The number of sulfonamides is 1. The molecular weight excluding hydrogens is 346 g/mol. The van der Waals surface area contributed by atoms with Crippen molar-refractivity contribution < 1.29 is 13.6 Å². The van der Waals surface area contributed by atoms with Gasteiger partial charge in [-0.15, -0.1) is 0 Å². The van der Waals surface area contributed by atoms with Gasteiger partial charge in [0.15, 0.2) is 0 Å². The van der Waals surface area contributed by atoms with Gasteiger partial charge >= 0.3 is 0 Å². The van der Waals surface area contributed by atoms with Crippen LogP contribution >= 0.6 is 15.9 Å². The molecule has 6 nitrogen and oxygen atoms in total. The van der Waals surface area contributed by atoms with Crippen molar-refractivity contribution in [1.82, 2.24) is 4.31 Å². The third-order valence-electron chi connectivity index (χ3n) is 2.71. The van der Waals surface area contributed by atoms with E-state index in [2.05, 4.69) is 21.1 Å². The minimum atomic E-state index is -3.60. The van der Waals surface area contributed by atoms with E-state index >= 15 is 0 Å². The van der Waals surface area contributed by atoms with Crippen LogP contribution in [-0.2, 0) is 10.0 Å². The van der Waals surface area contributed by atoms with Gasteiger partial charge in [0.25, 0.3) is 0 Å². The van der Waals surface area contributed by atoms with Gasteiger partial charge in [-0.2, -0.15) is 4.31 Å². The van der Waals surface area contributed by atoms with Crippen molar-refractivity contribution in [1.29, 1.82) is 0 Å². The van der Waals surface area contributed by atoms with Crippen LogP contribution in [0.2, 0.25) is 0 Å². The third-order valence-corrected chi connectivity index (χ3v) is 5.33. The van der Waals surface area contributed by atoms with Crippen LogP contribution in [0.4, 0.5) is 0 Å². The zero-order valence-electron chi connectivity index (χ0n) is 11.3. The normalized spacial score (nSPS) is 13.2. The first-order chi connectivity index (χ1) is 9.28. The quantitative estimate of drug-likeness (QED) is 0.349. The first kappa shape index (κ1) is 16.9. The first-order valence-electron chi connectivity index (χ1n) is 6.03. The molecule has 0 amide bonds. The number of nitrogens with two attached hydrogens (primary N) is 1. The highest BCUT2D eigenvalue weighted by atomic mass is 79.9. The molecule has 0 aromatic heterocycles. The molecule has 0 unspecified atom stereocenters. The highest BCUT2D eigenvalue weighted by Crippen LogP contribution is 2.20. The highest BCUT2D eigenvalue weighted by Gasteiger charge is 2.26. The second-order valence-electron chi connectivity index (χ2n) is 4.50. The molecule has 20 heavy (non-hydrogen) atoms. The molecule has 112 valence electrons. The largest absolute Gasteiger partial charge is 0.409 e. The molecule has 0 aliphatic rings. The maximum atomic E-state index is 12.6. The fourth-order valence-electron chi connectivity index (χ4n) is 1.67. The first-order valence-corrected chi connectivity index (χ1v) is 8.26. The Morgan fingerprint density at radius 3 is 2.40 bits per heavy atom. The van der Waals surface area contributed by atoms with Crippen molar-refractivity contribution in [3.8, 4) is 0 Å². The molecule has 0 bridgehead atoms. The number of nitrogens with zero attached hydrogens (tertiary/aromatic N) is 2. The highest BCUT2D eigenvalue weighted by molar-refractivity contribution is 9.10. The van der Waals surface area contributed by atoms with Crippen molar-refractivity contribution >= 4 is 31.8 Å². The molecule has 1 aromatic rings. The number of rotatable bonds is 6. The molecule has 0 heterocycles. The summed E-state index contributed by atoms with van der Waals surface area (Å²) in [4.78, 5) is 0.217. The van der Waals surface area contributed by atoms with Gasteiger partial charge in [0.05, 0.1) is 4.90 Å². The van der Waals surface area contributed by atoms with E-state index in [4.69, 9.17) is 10.9 Å². The second-order valence-corrected chi connectivity index (χ2v) is 7.31. The Hall–Kier alpha value is -1.12. The molecular formula is C12H18BrN3O3S. The lowest BCUT2D eigenvalue weighted by molar-refractivity contribution is 0.313. The van der Waals surface area contributed by atoms with E-state index in [1.165, 1.54) is 16.4 Å². The van der Waals surface area contributed by atoms with E-state index in [0.29, 0.717) is 0 Å². The summed E-state index contributed by atoms with van der Waals surface area (Å²) in [5, 5.41) is 11.4. The van der Waals surface area contributed by atoms with E-state index < -0.39 is 10.0 Å². The van der Waals surface area contributed by atoms with Gasteiger partial charge in [0.1, 0.15) is 5.84 Å². The summed E-state index contributed by atoms with van der Waals surface area (Å²) in [6, 6.07) is 6.20. The van der Waals surface area contributed by atoms with Gasteiger partial charge in [-0.25, -0.2) is 8.42 Å². The predicted molar refractivity (Wildman–Crippen MR) is 81.2 cm³/mol. The lowest BCUT2D eigenvalue weighted by atomic mass is 10.3. The third kappa shape index (κ3) is 4.19. The summed E-state index contributed by atoms with van der Waals surface area (Å²) in [5.74, 6) is 0.00153. The van der Waals surface area contributed by atoms with Crippen LogP contribution in [0, 0.1) is 0 Å². The smallest absolute Gasteiger partial charge is 0.243 e. The minimum Gasteiger partial charge on any atom is -0.409 e. The zero-order chi connectivity index (χ0) is 15.3. The number of benzene rings is 1. The molecule has 1 rings (SSSR count). The molecule has 0 saturated heterocycles. The lowest BCUT2D eigenvalue weighted by Crippen LogP contribution is -2.39. The topological polar surface area (TPSA) is 96.0 Å². The summed E-state index contributed by atoms with van der Waals surface area (Å²) >= 11 is 3.27. The Bertz CT molecular complexity index is 570. The molecule has 8 heteroatoms. The summed E-state index contributed by atoms with van der Waals surface area (Å²) in [5.41, 5.74) is 5.40. The Balaban J connectivity index is 3.03. The van der Waals surface area contributed by atoms with Crippen molar-refractivity contribution in [2.24, 2.45) is 10.9 Å². The monoisotopic (exact) mass is 363 g/mol. The van der Waals surface area contributed by atoms with Crippen LogP contribution in [0.15, 0.2) is 38.8 Å². The van der Waals surface area contributed by atoms with E-state index in [9.17, 15) is 8.42 Å². The summed E-state index contributed by atoms with van der Waals surface area (Å²) in [6.07, 6.45) is 0.171. The molecule has 0 atom stereocenters. The van der Waals surface area contributed by atoms with Crippen molar-refractivity contribution in [3.63, 3.8) is 0 Å². The number of amidine groups is 1. The maximum absolute atomic E-state index is 12.6. The van der Waals surface area contributed by atoms with Gasteiger partial charge in [-0.1, -0.05) is 21.1 Å². The van der Waals surface area contributed by atoms with Crippen LogP contribution in [0.3, 0.4) is 0 Å². The minimum absolute atomic E-state index is 0.00153. The van der Waals surface area contributed by atoms with Gasteiger partial charge in [-0.3, -0.25) is 0 Å². The Morgan fingerprint density at radius 1 is 1.40 bits per heavy atom. The Labute approximate surface area is 127 Å². The van der Waals surface area contributed by atoms with Crippen LogP contribution in [0.5, 0.6) is 0 Å². The van der Waals surface area contributed by atoms with Crippen LogP contribution < -0.4 is 5.73 Å². The summed E-state index contributed by atoms with van der Waals surface area (Å²) in [6.45, 7) is 3.72. The summed E-state index contributed by atoms with van der Waals surface area (Å²) in [7, 11) is -3.60. The van der Waals surface area contributed by atoms with Crippen molar-refractivity contribution in [2.45, 2.75) is 31.2 Å². The van der Waals surface area contributed by atoms with Gasteiger partial charge in [0.2, 0.25) is 10.0 Å². The SMILES string of the molecule is CC(C)N(CCC(N)=NO)S(=O)(=O)c1ccc(Br)cc1. The van der Waals surface area contributed by atoms with E-state index in [1.54, 1.807) is 26.0 Å². The van der Waals surface area contributed by atoms with Gasteiger partial charge in [0, 0.05) is 23.5 Å². The average Bonchev–Trinajstić information content (AvgIpc) is 2.38. The molecule has 0 saturated carbocycles. The molecule has 0 radical (unpaired) electrons. The molecule has 0 spiro atoms. The second kappa shape index (κ2) is 7.05. The Kier molecular flexibility index (Phi) is 5.97. The van der Waals surface area contributed by atoms with Crippen LogP contribution in [0.25, 0.3) is 0 Å². The molecule has 0 aliphatic heterocycles. The predicted octanol–water partition coefficient (Wildman–Crippen LogP) is 1.98. The number of oxime groups is 1. The standard InChI is InChI=1S/C12H18BrN3O3S/c1-9(2)16(8-7-12(14)15-17)20(18,19)11-5-3-10(13)4-6-11/h3-6,9,17H,7-8H2,1-2H3,(H2,14,15). The zero-order valence-corrected chi connectivity index (χ0v) is 13.7. The Morgan fingerprint density at radius 2 is 1.95 bits per heavy atom. The summed E-state index contributed by atoms with van der Waals surface area (Å²) < 4.78 is 27.2. The number of hydrogen-bond acceptors (Lipinski definition) is 4. The average molecular weight is 364 g/mol. The van der Waals surface area contributed by atoms with Gasteiger partial charge < -0.3 is 10.9 Å². The van der Waals surface area contributed by atoms with E-state index in [-0.39, 0.29) is 29.7 Å². The molecule has 0 fully saturated rings. The fraction of sp³-hybridized carbons (Fsp3) is 0.417. The molecule has 3 N–H and O–H groups in total. The number of halogens is 1. The van der Waals surface area contributed by atoms with Crippen molar-refractivity contribution in [2.75, 3.05) is 6.54 Å². The van der Waals surface area contributed by atoms with Crippen LogP contribution in [0.1, 0.15) is 20.3 Å². The van der Waals surface area contributed by atoms with Gasteiger partial charge in [-0.05, 0) is 38.1 Å². The molecule has 0 aliphatic carbocycles. The van der Waals surface area contributed by atoms with Crippen molar-refractivity contribution in [3.05, 3.63) is 28.7 Å². The lowest BCUT2D eigenvalue weighted by Gasteiger charge is -2.25. The van der Waals surface area contributed by atoms with E-state index in [0.717, 1.165) is 4.47 Å². The van der Waals surface area contributed by atoms with Crippen LogP contribution in [-0.4, -0.2) is 36.4 Å². The molecule has 1 aromatic carbocycles.